The van der Waals surface area contributed by atoms with E-state index in [-0.39, 0.29) is 5.54 Å². The fourth-order valence-electron chi connectivity index (χ4n) is 3.33. The summed E-state index contributed by atoms with van der Waals surface area (Å²) < 4.78 is 2.24. The summed E-state index contributed by atoms with van der Waals surface area (Å²) in [5.41, 5.74) is 10.1. The predicted molar refractivity (Wildman–Crippen MR) is 88.3 cm³/mol. The number of aromatic nitrogens is 3. The van der Waals surface area contributed by atoms with E-state index in [0.717, 1.165) is 29.3 Å². The number of nitrogens with zero attached hydrogens (tertiary/aromatic N) is 3. The van der Waals surface area contributed by atoms with Gasteiger partial charge < -0.3 is 10.3 Å². The standard InChI is InChI=1S/C18H18N4/c1-18(2)11-13-6-3-4-9-15(13)17-21-20-16(22(17)18)12-7-5-8-14(19)10-12/h3-10H,11,19H2,1-2H3. The molecule has 0 spiro atoms. The molecule has 0 unspecified atom stereocenters. The Kier molecular flexibility index (Phi) is 2.64. The van der Waals surface area contributed by atoms with Crippen LogP contribution in [0.5, 0.6) is 0 Å². The van der Waals surface area contributed by atoms with Gasteiger partial charge in [0.25, 0.3) is 0 Å². The highest BCUT2D eigenvalue weighted by Gasteiger charge is 2.34. The summed E-state index contributed by atoms with van der Waals surface area (Å²) in [6, 6.07) is 16.3. The molecule has 0 radical (unpaired) electrons. The Morgan fingerprint density at radius 3 is 2.59 bits per heavy atom. The van der Waals surface area contributed by atoms with E-state index in [1.807, 2.05) is 24.3 Å². The normalized spacial score (nSPS) is 15.2. The van der Waals surface area contributed by atoms with Gasteiger partial charge in [-0.2, -0.15) is 0 Å². The number of hydrogen-bond donors (Lipinski definition) is 1. The van der Waals surface area contributed by atoms with Crippen LogP contribution in [-0.4, -0.2) is 14.8 Å². The average molecular weight is 290 g/mol. The fraction of sp³-hybridized carbons (Fsp3) is 0.222. The SMILES string of the molecule is CC1(C)Cc2ccccc2-c2nnc(-c3cccc(N)c3)n21. The largest absolute Gasteiger partial charge is 0.399 e. The zero-order valence-electron chi connectivity index (χ0n) is 12.7. The van der Waals surface area contributed by atoms with E-state index >= 15 is 0 Å². The van der Waals surface area contributed by atoms with Gasteiger partial charge in [-0.25, -0.2) is 0 Å². The molecule has 1 aliphatic heterocycles. The van der Waals surface area contributed by atoms with Crippen LogP contribution >= 0.6 is 0 Å². The van der Waals surface area contributed by atoms with E-state index < -0.39 is 0 Å². The summed E-state index contributed by atoms with van der Waals surface area (Å²) in [6.07, 6.45) is 0.962. The van der Waals surface area contributed by atoms with Gasteiger partial charge in [0.15, 0.2) is 11.6 Å². The zero-order valence-corrected chi connectivity index (χ0v) is 12.7. The highest BCUT2D eigenvalue weighted by molar-refractivity contribution is 5.69. The van der Waals surface area contributed by atoms with E-state index in [1.54, 1.807) is 0 Å². The molecule has 1 aromatic heterocycles. The molecule has 4 rings (SSSR count). The van der Waals surface area contributed by atoms with E-state index in [9.17, 15) is 0 Å². The summed E-state index contributed by atoms with van der Waals surface area (Å²) in [6.45, 7) is 4.46. The molecule has 2 aromatic carbocycles. The third-order valence-electron chi connectivity index (χ3n) is 4.29. The van der Waals surface area contributed by atoms with Gasteiger partial charge in [-0.15, -0.1) is 10.2 Å². The third-order valence-corrected chi connectivity index (χ3v) is 4.29. The molecule has 22 heavy (non-hydrogen) atoms. The second-order valence-electron chi connectivity index (χ2n) is 6.45. The van der Waals surface area contributed by atoms with Gasteiger partial charge in [0.2, 0.25) is 0 Å². The first-order chi connectivity index (χ1) is 10.6. The molecule has 3 aromatic rings. The van der Waals surface area contributed by atoms with Gasteiger partial charge in [0.1, 0.15) is 0 Å². The smallest absolute Gasteiger partial charge is 0.165 e. The molecule has 0 saturated heterocycles. The number of nitrogen functional groups attached to an aromatic ring is 1. The highest BCUT2D eigenvalue weighted by Crippen LogP contribution is 2.39. The number of nitrogens with two attached hydrogens (primary N) is 1. The van der Waals surface area contributed by atoms with E-state index in [0.29, 0.717) is 0 Å². The van der Waals surface area contributed by atoms with Crippen molar-refractivity contribution < 1.29 is 0 Å². The highest BCUT2D eigenvalue weighted by atomic mass is 15.3. The van der Waals surface area contributed by atoms with E-state index in [1.165, 1.54) is 11.1 Å². The number of anilines is 1. The first-order valence-electron chi connectivity index (χ1n) is 7.46. The monoisotopic (exact) mass is 290 g/mol. The van der Waals surface area contributed by atoms with Crippen LogP contribution in [0.4, 0.5) is 5.69 Å². The number of fused-ring (bicyclic) bond motifs is 3. The van der Waals surface area contributed by atoms with Gasteiger partial charge in [-0.05, 0) is 38.0 Å². The fourth-order valence-corrected chi connectivity index (χ4v) is 3.33. The molecule has 0 aliphatic carbocycles. The molecular formula is C18H18N4. The Bertz CT molecular complexity index is 861. The topological polar surface area (TPSA) is 56.7 Å². The predicted octanol–water partition coefficient (Wildman–Crippen LogP) is 3.49. The van der Waals surface area contributed by atoms with Crippen LogP contribution in [0, 0.1) is 0 Å². The lowest BCUT2D eigenvalue weighted by molar-refractivity contribution is 0.351. The maximum absolute atomic E-state index is 5.93. The van der Waals surface area contributed by atoms with Crippen LogP contribution < -0.4 is 5.73 Å². The van der Waals surface area contributed by atoms with Crippen LogP contribution in [0.1, 0.15) is 19.4 Å². The Balaban J connectivity index is 1.99. The van der Waals surface area contributed by atoms with Crippen molar-refractivity contribution in [3.63, 3.8) is 0 Å². The lowest BCUT2D eigenvalue weighted by Crippen LogP contribution is -2.33. The summed E-state index contributed by atoms with van der Waals surface area (Å²) in [4.78, 5) is 0. The first-order valence-corrected chi connectivity index (χ1v) is 7.46. The third kappa shape index (κ3) is 1.84. The molecule has 4 heteroatoms. The van der Waals surface area contributed by atoms with Gasteiger partial charge in [-0.3, -0.25) is 0 Å². The van der Waals surface area contributed by atoms with Gasteiger partial charge in [0.05, 0.1) is 0 Å². The first kappa shape index (κ1) is 13.1. The van der Waals surface area contributed by atoms with Gasteiger partial charge in [-0.1, -0.05) is 36.4 Å². The van der Waals surface area contributed by atoms with Gasteiger partial charge in [0, 0.05) is 22.4 Å². The minimum Gasteiger partial charge on any atom is -0.399 e. The van der Waals surface area contributed by atoms with Crippen molar-refractivity contribution in [2.45, 2.75) is 25.8 Å². The molecule has 0 fully saturated rings. The van der Waals surface area contributed by atoms with Crippen LogP contribution in [0.2, 0.25) is 0 Å². The molecule has 2 heterocycles. The van der Waals surface area contributed by atoms with Crippen LogP contribution in [0.15, 0.2) is 48.5 Å². The maximum atomic E-state index is 5.93. The molecule has 2 N–H and O–H groups in total. The molecule has 110 valence electrons. The quantitative estimate of drug-likeness (QED) is 0.698. The zero-order chi connectivity index (χ0) is 15.3. The molecule has 1 aliphatic rings. The summed E-state index contributed by atoms with van der Waals surface area (Å²) in [5.74, 6) is 1.81. The summed E-state index contributed by atoms with van der Waals surface area (Å²) >= 11 is 0. The molecule has 0 amide bonds. The number of benzene rings is 2. The Hall–Kier alpha value is -2.62. The van der Waals surface area contributed by atoms with Crippen molar-refractivity contribution >= 4 is 5.69 Å². The second kappa shape index (κ2) is 4.44. The van der Waals surface area contributed by atoms with Crippen molar-refractivity contribution in [3.05, 3.63) is 54.1 Å². The summed E-state index contributed by atoms with van der Waals surface area (Å²) in [7, 11) is 0. The molecule has 0 bridgehead atoms. The van der Waals surface area contributed by atoms with Crippen LogP contribution in [0.3, 0.4) is 0 Å². The van der Waals surface area contributed by atoms with Crippen molar-refractivity contribution in [1.29, 1.82) is 0 Å². The maximum Gasteiger partial charge on any atom is 0.165 e. The number of rotatable bonds is 1. The minimum atomic E-state index is -0.0763. The minimum absolute atomic E-state index is 0.0763. The Labute approximate surface area is 129 Å². The Morgan fingerprint density at radius 1 is 1.00 bits per heavy atom. The molecular weight excluding hydrogens is 272 g/mol. The molecule has 4 nitrogen and oxygen atoms in total. The van der Waals surface area contributed by atoms with Crippen molar-refractivity contribution in [2.75, 3.05) is 5.73 Å². The summed E-state index contributed by atoms with van der Waals surface area (Å²) in [5, 5.41) is 8.93. The lowest BCUT2D eigenvalue weighted by atomic mass is 9.87. The van der Waals surface area contributed by atoms with Crippen molar-refractivity contribution in [1.82, 2.24) is 14.8 Å². The Morgan fingerprint density at radius 2 is 1.77 bits per heavy atom. The van der Waals surface area contributed by atoms with Gasteiger partial charge >= 0.3 is 0 Å². The average Bonchev–Trinajstić information content (AvgIpc) is 2.93. The van der Waals surface area contributed by atoms with Crippen molar-refractivity contribution in [2.24, 2.45) is 0 Å². The van der Waals surface area contributed by atoms with Crippen LogP contribution in [-0.2, 0) is 12.0 Å². The molecule has 0 atom stereocenters. The second-order valence-corrected chi connectivity index (χ2v) is 6.45. The number of hydrogen-bond acceptors (Lipinski definition) is 3. The lowest BCUT2D eigenvalue weighted by Gasteiger charge is -2.34. The van der Waals surface area contributed by atoms with E-state index in [4.69, 9.17) is 5.73 Å². The van der Waals surface area contributed by atoms with Crippen molar-refractivity contribution in [3.8, 4) is 22.8 Å². The van der Waals surface area contributed by atoms with E-state index in [2.05, 4.69) is 52.9 Å². The van der Waals surface area contributed by atoms with Crippen LogP contribution in [0.25, 0.3) is 22.8 Å². The molecule has 0 saturated carbocycles.